The second-order valence-corrected chi connectivity index (χ2v) is 6.61. The number of hydrogen-bond donors (Lipinski definition) is 2. The molecule has 0 bridgehead atoms. The molecule has 0 radical (unpaired) electrons. The Kier molecular flexibility index (Phi) is 5.30. The standard InChI is InChI=1S/C13H18FNO5S/c1-4-13(2,12(16)17)8-15-21(18,19)9-5-6-11(20-3)10(14)7-9/h5-7,15H,4,8H2,1-3H3,(H,16,17). The molecule has 21 heavy (non-hydrogen) atoms. The molecule has 0 aliphatic rings. The third-order valence-electron chi connectivity index (χ3n) is 3.38. The predicted molar refractivity (Wildman–Crippen MR) is 74.2 cm³/mol. The molecule has 0 saturated heterocycles. The Bertz CT molecular complexity index is 631. The molecular formula is C13H18FNO5S. The summed E-state index contributed by atoms with van der Waals surface area (Å²) < 4.78 is 44.6. The fraction of sp³-hybridized carbons (Fsp3) is 0.462. The zero-order valence-corrected chi connectivity index (χ0v) is 12.8. The van der Waals surface area contributed by atoms with Crippen LogP contribution >= 0.6 is 0 Å². The van der Waals surface area contributed by atoms with Crippen molar-refractivity contribution in [1.82, 2.24) is 4.72 Å². The highest BCUT2D eigenvalue weighted by molar-refractivity contribution is 7.89. The molecule has 8 heteroatoms. The summed E-state index contributed by atoms with van der Waals surface area (Å²) in [5, 5.41) is 9.10. The van der Waals surface area contributed by atoms with Crippen LogP contribution in [0.15, 0.2) is 23.1 Å². The molecule has 0 heterocycles. The van der Waals surface area contributed by atoms with Crippen LogP contribution in [-0.2, 0) is 14.8 Å². The van der Waals surface area contributed by atoms with E-state index in [1.165, 1.54) is 26.2 Å². The van der Waals surface area contributed by atoms with Crippen molar-refractivity contribution in [3.8, 4) is 5.75 Å². The highest BCUT2D eigenvalue weighted by Crippen LogP contribution is 2.23. The second kappa shape index (κ2) is 6.40. The van der Waals surface area contributed by atoms with E-state index in [1.54, 1.807) is 6.92 Å². The average Bonchev–Trinajstić information content (AvgIpc) is 2.44. The fourth-order valence-corrected chi connectivity index (χ4v) is 2.68. The highest BCUT2D eigenvalue weighted by atomic mass is 32.2. The molecule has 0 amide bonds. The Hall–Kier alpha value is -1.67. The van der Waals surface area contributed by atoms with Crippen molar-refractivity contribution in [2.24, 2.45) is 5.41 Å². The number of ether oxygens (including phenoxy) is 1. The van der Waals surface area contributed by atoms with E-state index in [1.807, 2.05) is 0 Å². The molecule has 2 N–H and O–H groups in total. The number of halogens is 1. The summed E-state index contributed by atoms with van der Waals surface area (Å²) in [6, 6.07) is 3.21. The summed E-state index contributed by atoms with van der Waals surface area (Å²) in [6.07, 6.45) is 0.252. The maximum atomic E-state index is 13.5. The third kappa shape index (κ3) is 3.92. The topological polar surface area (TPSA) is 92.7 Å². The van der Waals surface area contributed by atoms with Gasteiger partial charge in [0, 0.05) is 6.54 Å². The minimum Gasteiger partial charge on any atom is -0.494 e. The molecule has 1 unspecified atom stereocenters. The van der Waals surface area contributed by atoms with Gasteiger partial charge < -0.3 is 9.84 Å². The van der Waals surface area contributed by atoms with Crippen molar-refractivity contribution in [3.05, 3.63) is 24.0 Å². The smallest absolute Gasteiger partial charge is 0.310 e. The van der Waals surface area contributed by atoms with E-state index in [2.05, 4.69) is 4.72 Å². The molecule has 0 fully saturated rings. The molecular weight excluding hydrogens is 301 g/mol. The number of hydrogen-bond acceptors (Lipinski definition) is 4. The minimum atomic E-state index is -3.99. The van der Waals surface area contributed by atoms with Crippen molar-refractivity contribution in [2.45, 2.75) is 25.2 Å². The van der Waals surface area contributed by atoms with Crippen molar-refractivity contribution in [2.75, 3.05) is 13.7 Å². The molecule has 1 aromatic carbocycles. The Morgan fingerprint density at radius 3 is 2.52 bits per heavy atom. The van der Waals surface area contributed by atoms with Gasteiger partial charge in [0.1, 0.15) is 0 Å². The zero-order valence-electron chi connectivity index (χ0n) is 12.0. The van der Waals surface area contributed by atoms with Crippen LogP contribution in [0.4, 0.5) is 4.39 Å². The summed E-state index contributed by atoms with van der Waals surface area (Å²) in [6.45, 7) is 2.80. The van der Waals surface area contributed by atoms with Crippen LogP contribution in [0.25, 0.3) is 0 Å². The normalized spacial score (nSPS) is 14.5. The molecule has 0 aliphatic carbocycles. The maximum absolute atomic E-state index is 13.5. The van der Waals surface area contributed by atoms with E-state index < -0.39 is 27.2 Å². The van der Waals surface area contributed by atoms with Crippen molar-refractivity contribution in [3.63, 3.8) is 0 Å². The van der Waals surface area contributed by atoms with Gasteiger partial charge in [0.15, 0.2) is 11.6 Å². The van der Waals surface area contributed by atoms with E-state index in [4.69, 9.17) is 9.84 Å². The van der Waals surface area contributed by atoms with Gasteiger partial charge in [0.05, 0.1) is 17.4 Å². The molecule has 1 aromatic rings. The molecule has 1 rings (SSSR count). The van der Waals surface area contributed by atoms with Crippen molar-refractivity contribution >= 4 is 16.0 Å². The summed E-state index contributed by atoms with van der Waals surface area (Å²) in [5.74, 6) is -1.98. The minimum absolute atomic E-state index is 0.0714. The van der Waals surface area contributed by atoms with Crippen LogP contribution < -0.4 is 9.46 Å². The number of benzene rings is 1. The summed E-state index contributed by atoms with van der Waals surface area (Å²) in [5.41, 5.74) is -1.22. The van der Waals surface area contributed by atoms with Crippen LogP contribution in [0.3, 0.4) is 0 Å². The van der Waals surface area contributed by atoms with Crippen molar-refractivity contribution < 1.29 is 27.4 Å². The first-order valence-corrected chi connectivity index (χ1v) is 7.71. The number of carbonyl (C=O) groups is 1. The lowest BCUT2D eigenvalue weighted by atomic mass is 9.88. The van der Waals surface area contributed by atoms with Crippen LogP contribution in [0.1, 0.15) is 20.3 Å². The molecule has 118 valence electrons. The Balaban J connectivity index is 2.97. The first kappa shape index (κ1) is 17.4. The van der Waals surface area contributed by atoms with Crippen LogP contribution in [0, 0.1) is 11.2 Å². The van der Waals surface area contributed by atoms with Crippen LogP contribution in [-0.4, -0.2) is 33.1 Å². The maximum Gasteiger partial charge on any atom is 0.310 e. The van der Waals surface area contributed by atoms with E-state index in [9.17, 15) is 17.6 Å². The largest absolute Gasteiger partial charge is 0.494 e. The Morgan fingerprint density at radius 1 is 1.48 bits per heavy atom. The third-order valence-corrected chi connectivity index (χ3v) is 4.78. The van der Waals surface area contributed by atoms with Crippen LogP contribution in [0.2, 0.25) is 0 Å². The average molecular weight is 319 g/mol. The second-order valence-electron chi connectivity index (χ2n) is 4.84. The summed E-state index contributed by atoms with van der Waals surface area (Å²) >= 11 is 0. The number of carboxylic acid groups (broad SMARTS) is 1. The summed E-state index contributed by atoms with van der Waals surface area (Å²) in [4.78, 5) is 10.8. The van der Waals surface area contributed by atoms with Gasteiger partial charge in [-0.25, -0.2) is 17.5 Å². The molecule has 6 nitrogen and oxygen atoms in total. The van der Waals surface area contributed by atoms with Gasteiger partial charge in [-0.15, -0.1) is 0 Å². The van der Waals surface area contributed by atoms with Crippen molar-refractivity contribution in [1.29, 1.82) is 0 Å². The Morgan fingerprint density at radius 2 is 2.10 bits per heavy atom. The lowest BCUT2D eigenvalue weighted by molar-refractivity contribution is -0.147. The summed E-state index contributed by atoms with van der Waals surface area (Å²) in [7, 11) is -2.73. The molecule has 0 aromatic heterocycles. The van der Waals surface area contributed by atoms with E-state index in [0.29, 0.717) is 0 Å². The molecule has 0 aliphatic heterocycles. The van der Waals surface area contributed by atoms with E-state index >= 15 is 0 Å². The van der Waals surface area contributed by atoms with Gasteiger partial charge in [-0.05, 0) is 31.5 Å². The number of carboxylic acids is 1. The lowest BCUT2D eigenvalue weighted by Crippen LogP contribution is -2.40. The Labute approximate surface area is 123 Å². The SMILES string of the molecule is CCC(C)(CNS(=O)(=O)c1ccc(OC)c(F)c1)C(=O)O. The first-order valence-electron chi connectivity index (χ1n) is 6.23. The van der Waals surface area contributed by atoms with Gasteiger partial charge in [-0.3, -0.25) is 4.79 Å². The zero-order chi connectivity index (χ0) is 16.3. The van der Waals surface area contributed by atoms with Gasteiger partial charge in [-0.1, -0.05) is 6.92 Å². The highest BCUT2D eigenvalue weighted by Gasteiger charge is 2.32. The monoisotopic (exact) mass is 319 g/mol. The fourth-order valence-electron chi connectivity index (χ4n) is 1.50. The number of rotatable bonds is 7. The van der Waals surface area contributed by atoms with E-state index in [-0.39, 0.29) is 23.6 Å². The number of aliphatic carboxylic acids is 1. The van der Waals surface area contributed by atoms with Gasteiger partial charge in [-0.2, -0.15) is 0 Å². The van der Waals surface area contributed by atoms with Gasteiger partial charge in [0.25, 0.3) is 0 Å². The van der Waals surface area contributed by atoms with Gasteiger partial charge in [0.2, 0.25) is 10.0 Å². The lowest BCUT2D eigenvalue weighted by Gasteiger charge is -2.23. The molecule has 1 atom stereocenters. The number of sulfonamides is 1. The quantitative estimate of drug-likeness (QED) is 0.796. The predicted octanol–water partition coefficient (Wildman–Crippen LogP) is 1.61. The van der Waals surface area contributed by atoms with Gasteiger partial charge >= 0.3 is 5.97 Å². The van der Waals surface area contributed by atoms with Crippen LogP contribution in [0.5, 0.6) is 5.75 Å². The molecule has 0 spiro atoms. The first-order chi connectivity index (χ1) is 9.66. The van der Waals surface area contributed by atoms with E-state index in [0.717, 1.165) is 6.07 Å². The number of methoxy groups -OCH3 is 1. The number of nitrogens with one attached hydrogen (secondary N) is 1. The molecule has 0 saturated carbocycles.